The van der Waals surface area contributed by atoms with Crippen LogP contribution in [0.25, 0.3) is 32.2 Å². The van der Waals surface area contributed by atoms with Gasteiger partial charge in [-0.25, -0.2) is 8.78 Å². The normalized spacial score (nSPS) is 24.9. The standard InChI is InChI=1S/C34H38F2N8O3S/c1-16-6-7-42(3)24(16)15-47-34-40-30-27(33(41-34)44-18-4-5-19(44)12-43(11-18)10-17(2)45)22-14-46-13-21(22)25(28(30)36)29-26-20(8-37)32(38)48-31(26)23(35)9-39-29/h9,16-19,24,45H,4-7,10-15,38H2,1-3H3/t16-,17+,18?,19?,24+/m0/s1. The Morgan fingerprint density at radius 3 is 2.60 bits per heavy atom. The molecule has 4 aliphatic rings. The number of hydrogen-bond acceptors (Lipinski definition) is 12. The van der Waals surface area contributed by atoms with Gasteiger partial charge in [-0.05, 0) is 56.8 Å². The third-order valence-corrected chi connectivity index (χ3v) is 11.7. The van der Waals surface area contributed by atoms with E-state index in [1.165, 1.54) is 0 Å². The predicted octanol–water partition coefficient (Wildman–Crippen LogP) is 4.42. The Bertz CT molecular complexity index is 1960. The number of anilines is 2. The van der Waals surface area contributed by atoms with Crippen LogP contribution in [0.5, 0.6) is 6.01 Å². The number of aliphatic hydroxyl groups is 1. The number of halogens is 2. The second kappa shape index (κ2) is 12.0. The topological polar surface area (TPSA) is 137 Å². The van der Waals surface area contributed by atoms with E-state index < -0.39 is 17.7 Å². The van der Waals surface area contributed by atoms with Gasteiger partial charge < -0.3 is 25.2 Å². The number of nitrogens with two attached hydrogens (primary N) is 1. The highest BCUT2D eigenvalue weighted by Crippen LogP contribution is 2.48. The number of likely N-dealkylation sites (tertiary alicyclic amines) is 2. The number of nitrogens with zero attached hydrogens (tertiary/aromatic N) is 7. The van der Waals surface area contributed by atoms with Crippen molar-refractivity contribution in [2.24, 2.45) is 5.92 Å². The van der Waals surface area contributed by atoms with Crippen LogP contribution in [0.3, 0.4) is 0 Å². The summed E-state index contributed by atoms with van der Waals surface area (Å²) in [5.74, 6) is -0.231. The first-order valence-corrected chi connectivity index (χ1v) is 17.4. The molecule has 2 unspecified atom stereocenters. The van der Waals surface area contributed by atoms with Crippen LogP contribution in [0.2, 0.25) is 0 Å². The van der Waals surface area contributed by atoms with Gasteiger partial charge in [0.1, 0.15) is 29.0 Å². The number of nitrogen functional groups attached to an aromatic ring is 1. The molecule has 3 saturated heterocycles. The van der Waals surface area contributed by atoms with Crippen LogP contribution in [0.15, 0.2) is 6.20 Å². The van der Waals surface area contributed by atoms with E-state index in [1.807, 2.05) is 0 Å². The lowest BCUT2D eigenvalue weighted by molar-refractivity contribution is 0.111. The first-order valence-electron chi connectivity index (χ1n) is 16.6. The molecule has 2 bridgehead atoms. The van der Waals surface area contributed by atoms with Crippen LogP contribution in [0.4, 0.5) is 19.6 Å². The highest BCUT2D eigenvalue weighted by atomic mass is 32.1. The lowest BCUT2D eigenvalue weighted by Crippen LogP contribution is -2.55. The zero-order valence-electron chi connectivity index (χ0n) is 27.2. The number of aliphatic hydroxyl groups excluding tert-OH is 1. The highest BCUT2D eigenvalue weighted by Gasteiger charge is 2.43. The first kappa shape index (κ1) is 31.5. The second-order valence-corrected chi connectivity index (χ2v) is 14.8. The van der Waals surface area contributed by atoms with Gasteiger partial charge in [0.25, 0.3) is 0 Å². The Morgan fingerprint density at radius 1 is 1.17 bits per heavy atom. The Balaban J connectivity index is 1.33. The fraction of sp³-hybridized carbons (Fsp3) is 0.529. The summed E-state index contributed by atoms with van der Waals surface area (Å²) in [5.41, 5.74) is 7.86. The molecular weight excluding hydrogens is 638 g/mol. The average Bonchev–Trinajstić information content (AvgIpc) is 3.81. The molecule has 4 aromatic rings. The van der Waals surface area contributed by atoms with Crippen LogP contribution in [-0.4, -0.2) is 93.9 Å². The van der Waals surface area contributed by atoms with E-state index in [0.29, 0.717) is 35.8 Å². The van der Waals surface area contributed by atoms with Gasteiger partial charge in [0.2, 0.25) is 0 Å². The molecule has 0 aliphatic carbocycles. The van der Waals surface area contributed by atoms with Crippen molar-refractivity contribution >= 4 is 43.1 Å². The van der Waals surface area contributed by atoms with Gasteiger partial charge in [-0.3, -0.25) is 14.8 Å². The molecule has 0 saturated carbocycles. The van der Waals surface area contributed by atoms with E-state index >= 15 is 4.39 Å². The number of rotatable bonds is 7. The van der Waals surface area contributed by atoms with Crippen molar-refractivity contribution < 1.29 is 23.4 Å². The molecule has 48 heavy (non-hydrogen) atoms. The minimum absolute atomic E-state index is 0.0676. The van der Waals surface area contributed by atoms with Crippen molar-refractivity contribution in [1.82, 2.24) is 24.8 Å². The van der Waals surface area contributed by atoms with Gasteiger partial charge in [-0.2, -0.15) is 15.2 Å². The zero-order valence-corrected chi connectivity index (χ0v) is 28.0. The Kier molecular flexibility index (Phi) is 7.88. The number of thiophene rings is 1. The smallest absolute Gasteiger partial charge is 0.319 e. The van der Waals surface area contributed by atoms with Gasteiger partial charge in [0, 0.05) is 48.7 Å². The van der Waals surface area contributed by atoms with E-state index in [4.69, 9.17) is 25.2 Å². The number of likely N-dealkylation sites (N-methyl/N-ethyl adjacent to an activating group) is 1. The number of benzene rings is 1. The van der Waals surface area contributed by atoms with Crippen LogP contribution >= 0.6 is 11.3 Å². The van der Waals surface area contributed by atoms with Crippen LogP contribution in [0, 0.1) is 28.9 Å². The number of aromatic nitrogens is 3. The summed E-state index contributed by atoms with van der Waals surface area (Å²) >= 11 is 0.946. The summed E-state index contributed by atoms with van der Waals surface area (Å²) in [6, 6.07) is 2.56. The predicted molar refractivity (Wildman–Crippen MR) is 179 cm³/mol. The largest absolute Gasteiger partial charge is 0.462 e. The molecule has 3 aromatic heterocycles. The van der Waals surface area contributed by atoms with Crippen molar-refractivity contribution in [1.29, 1.82) is 5.26 Å². The summed E-state index contributed by atoms with van der Waals surface area (Å²) in [4.78, 5) is 21.0. The number of β-amino-alcohol motifs (C(OH)–C–C–N with tert-alkyl or cyclic N) is 1. The van der Waals surface area contributed by atoms with Crippen molar-refractivity contribution in [2.75, 3.05) is 50.5 Å². The maximum Gasteiger partial charge on any atom is 0.319 e. The molecule has 3 N–H and O–H groups in total. The highest BCUT2D eigenvalue weighted by molar-refractivity contribution is 7.23. The number of fused-ring (bicyclic) bond motifs is 6. The van der Waals surface area contributed by atoms with Crippen molar-refractivity contribution in [3.8, 4) is 23.3 Å². The molecule has 4 aliphatic heterocycles. The molecule has 7 heterocycles. The molecule has 1 aromatic carbocycles. The van der Waals surface area contributed by atoms with Gasteiger partial charge in [0.15, 0.2) is 11.6 Å². The Hall–Kier alpha value is -3.74. The third kappa shape index (κ3) is 4.97. The van der Waals surface area contributed by atoms with Gasteiger partial charge in [-0.15, -0.1) is 11.3 Å². The Morgan fingerprint density at radius 2 is 1.92 bits per heavy atom. The van der Waals surface area contributed by atoms with Crippen molar-refractivity contribution in [3.05, 3.63) is 34.5 Å². The number of hydrogen-bond donors (Lipinski definition) is 2. The average molecular weight is 677 g/mol. The van der Waals surface area contributed by atoms with E-state index in [2.05, 4.69) is 39.7 Å². The molecular formula is C34H38F2N8O3S. The third-order valence-electron chi connectivity index (χ3n) is 10.7. The molecule has 0 spiro atoms. The summed E-state index contributed by atoms with van der Waals surface area (Å²) in [7, 11) is 2.08. The van der Waals surface area contributed by atoms with E-state index in [9.17, 15) is 14.8 Å². The monoisotopic (exact) mass is 676 g/mol. The number of nitriles is 1. The molecule has 0 amide bonds. The van der Waals surface area contributed by atoms with E-state index in [1.54, 1.807) is 6.92 Å². The minimum Gasteiger partial charge on any atom is -0.462 e. The molecule has 252 valence electrons. The van der Waals surface area contributed by atoms with Crippen molar-refractivity contribution in [2.45, 2.75) is 70.6 Å². The number of pyridine rings is 1. The first-order chi connectivity index (χ1) is 23.1. The van der Waals surface area contributed by atoms with Gasteiger partial charge >= 0.3 is 6.01 Å². The molecule has 0 radical (unpaired) electrons. The lowest BCUT2D eigenvalue weighted by Gasteiger charge is -2.42. The second-order valence-electron chi connectivity index (χ2n) is 13.8. The fourth-order valence-electron chi connectivity index (χ4n) is 8.39. The van der Waals surface area contributed by atoms with Crippen LogP contribution in [-0.2, 0) is 18.0 Å². The number of piperazine rings is 1. The zero-order chi connectivity index (χ0) is 33.4. The summed E-state index contributed by atoms with van der Waals surface area (Å²) < 4.78 is 44.8. The van der Waals surface area contributed by atoms with Crippen LogP contribution in [0.1, 0.15) is 49.8 Å². The SMILES string of the molecule is C[C@@H](O)CN1CC2CCC(C1)N2c1nc(OC[C@@H]2[C@@H](C)CCN2C)nc2c(F)c(-c3ncc(F)c4sc(N)c(C#N)c34)c3c(c12)COC3. The van der Waals surface area contributed by atoms with E-state index in [-0.39, 0.29) is 74.8 Å². The summed E-state index contributed by atoms with van der Waals surface area (Å²) in [6.45, 7) is 7.74. The van der Waals surface area contributed by atoms with E-state index in [0.717, 1.165) is 62.0 Å². The van der Waals surface area contributed by atoms with Gasteiger partial charge in [-0.1, -0.05) is 6.92 Å². The maximum atomic E-state index is 17.4. The summed E-state index contributed by atoms with van der Waals surface area (Å²) in [6.07, 6.45) is 3.56. The molecule has 3 fully saturated rings. The lowest BCUT2D eigenvalue weighted by atomic mass is 9.93. The van der Waals surface area contributed by atoms with Gasteiger partial charge in [0.05, 0.1) is 46.9 Å². The number of ether oxygens (including phenoxy) is 2. The minimum atomic E-state index is -0.650. The molecule has 14 heteroatoms. The van der Waals surface area contributed by atoms with Crippen LogP contribution < -0.4 is 15.4 Å². The maximum absolute atomic E-state index is 17.4. The fourth-order valence-corrected chi connectivity index (χ4v) is 9.31. The molecule has 8 rings (SSSR count). The van der Waals surface area contributed by atoms with Crippen molar-refractivity contribution in [3.63, 3.8) is 0 Å². The Labute approximate surface area is 280 Å². The quantitative estimate of drug-likeness (QED) is 0.288. The summed E-state index contributed by atoms with van der Waals surface area (Å²) in [5, 5.41) is 21.0. The molecule has 5 atom stereocenters. The molecule has 11 nitrogen and oxygen atoms in total.